The average Bonchev–Trinajstić information content (AvgIpc) is 2.88. The van der Waals surface area contributed by atoms with Crippen molar-refractivity contribution in [1.29, 1.82) is 0 Å². The van der Waals surface area contributed by atoms with Crippen LogP contribution in [0.25, 0.3) is 0 Å². The average molecular weight is 341 g/mol. The quantitative estimate of drug-likeness (QED) is 0.867. The Balaban J connectivity index is 2.19. The van der Waals surface area contributed by atoms with Crippen LogP contribution >= 0.6 is 0 Å². The Morgan fingerprint density at radius 2 is 1.80 bits per heavy atom. The zero-order valence-electron chi connectivity index (χ0n) is 13.5. The predicted molar refractivity (Wildman–Crippen MR) is 89.4 cm³/mol. The summed E-state index contributed by atoms with van der Waals surface area (Å²) >= 11 is 0. The molecule has 0 aliphatic carbocycles. The molecule has 0 radical (unpaired) electrons. The molecule has 1 heterocycles. The van der Waals surface area contributed by atoms with Crippen molar-refractivity contribution >= 4 is 17.6 Å². The minimum atomic E-state index is -1.10. The SMILES string of the molecule is CCOC(=O)C1=C(O)C(=O)N(c2ccccc2)[C@H]1c1ccccc1F. The summed E-state index contributed by atoms with van der Waals surface area (Å²) in [5, 5.41) is 10.3. The van der Waals surface area contributed by atoms with Gasteiger partial charge in [-0.05, 0) is 25.1 Å². The number of para-hydroxylation sites is 1. The van der Waals surface area contributed by atoms with Gasteiger partial charge in [0.1, 0.15) is 17.4 Å². The highest BCUT2D eigenvalue weighted by atomic mass is 19.1. The maximum atomic E-state index is 14.4. The Bertz CT molecular complexity index is 848. The number of hydrogen-bond acceptors (Lipinski definition) is 4. The smallest absolute Gasteiger partial charge is 0.340 e. The lowest BCUT2D eigenvalue weighted by atomic mass is 9.98. The third-order valence-corrected chi connectivity index (χ3v) is 3.94. The van der Waals surface area contributed by atoms with Gasteiger partial charge in [0.25, 0.3) is 5.91 Å². The first kappa shape index (κ1) is 16.7. The molecule has 0 fully saturated rings. The number of hydrogen-bond donors (Lipinski definition) is 1. The van der Waals surface area contributed by atoms with Crippen LogP contribution < -0.4 is 4.90 Å². The molecule has 25 heavy (non-hydrogen) atoms. The Hall–Kier alpha value is -3.15. The maximum absolute atomic E-state index is 14.4. The summed E-state index contributed by atoms with van der Waals surface area (Å²) in [4.78, 5) is 26.1. The molecule has 0 aromatic heterocycles. The molecule has 1 amide bonds. The van der Waals surface area contributed by atoms with Crippen LogP contribution in [0.15, 0.2) is 65.9 Å². The number of aliphatic hydroxyl groups is 1. The van der Waals surface area contributed by atoms with E-state index in [4.69, 9.17) is 4.74 Å². The number of carbonyl (C=O) groups excluding carboxylic acids is 2. The van der Waals surface area contributed by atoms with Crippen LogP contribution in [0.1, 0.15) is 18.5 Å². The first-order valence-corrected chi connectivity index (χ1v) is 7.79. The van der Waals surface area contributed by atoms with Gasteiger partial charge in [-0.2, -0.15) is 0 Å². The minimum Gasteiger partial charge on any atom is -0.503 e. The molecule has 6 heteroatoms. The van der Waals surface area contributed by atoms with Crippen LogP contribution in [-0.2, 0) is 14.3 Å². The number of carbonyl (C=O) groups is 2. The molecule has 0 unspecified atom stereocenters. The largest absolute Gasteiger partial charge is 0.503 e. The fraction of sp³-hybridized carbons (Fsp3) is 0.158. The second kappa shape index (κ2) is 6.76. The van der Waals surface area contributed by atoms with E-state index in [1.165, 1.54) is 23.1 Å². The highest BCUT2D eigenvalue weighted by Crippen LogP contribution is 2.41. The second-order valence-corrected chi connectivity index (χ2v) is 5.42. The van der Waals surface area contributed by atoms with Gasteiger partial charge in [0.05, 0.1) is 6.61 Å². The highest BCUT2D eigenvalue weighted by molar-refractivity contribution is 6.15. The molecule has 1 aliphatic rings. The molecule has 3 rings (SSSR count). The highest BCUT2D eigenvalue weighted by Gasteiger charge is 2.46. The standard InChI is InChI=1S/C19H16FNO4/c1-2-25-19(24)15-16(13-10-6-7-11-14(13)20)21(18(23)17(15)22)12-8-4-3-5-9-12/h3-11,16,22H,2H2,1H3/t16-/m0/s1. The van der Waals surface area contributed by atoms with Gasteiger partial charge < -0.3 is 9.84 Å². The van der Waals surface area contributed by atoms with Crippen LogP contribution in [0.3, 0.4) is 0 Å². The molecule has 2 aromatic rings. The fourth-order valence-electron chi connectivity index (χ4n) is 2.87. The van der Waals surface area contributed by atoms with Crippen molar-refractivity contribution in [2.24, 2.45) is 0 Å². The predicted octanol–water partition coefficient (Wildman–Crippen LogP) is 3.29. The Morgan fingerprint density at radius 1 is 1.16 bits per heavy atom. The van der Waals surface area contributed by atoms with Crippen LogP contribution in [0.5, 0.6) is 0 Å². The molecular weight excluding hydrogens is 325 g/mol. The van der Waals surface area contributed by atoms with Gasteiger partial charge in [0.2, 0.25) is 0 Å². The number of ether oxygens (including phenoxy) is 1. The van der Waals surface area contributed by atoms with E-state index < -0.39 is 29.5 Å². The number of rotatable bonds is 4. The number of aliphatic hydroxyl groups excluding tert-OH is 1. The van der Waals surface area contributed by atoms with Crippen LogP contribution in [0.2, 0.25) is 0 Å². The topological polar surface area (TPSA) is 66.8 Å². The van der Waals surface area contributed by atoms with Gasteiger partial charge in [-0.15, -0.1) is 0 Å². The van der Waals surface area contributed by atoms with Gasteiger partial charge in [0.15, 0.2) is 5.76 Å². The molecule has 1 aliphatic heterocycles. The number of benzene rings is 2. The zero-order chi connectivity index (χ0) is 18.0. The summed E-state index contributed by atoms with van der Waals surface area (Å²) in [6.07, 6.45) is 0. The van der Waals surface area contributed by atoms with Crippen LogP contribution in [0, 0.1) is 5.82 Å². The Morgan fingerprint density at radius 3 is 2.44 bits per heavy atom. The van der Waals surface area contributed by atoms with Gasteiger partial charge in [-0.25, -0.2) is 9.18 Å². The van der Waals surface area contributed by atoms with Gasteiger partial charge in [-0.1, -0.05) is 36.4 Å². The monoisotopic (exact) mass is 341 g/mol. The van der Waals surface area contributed by atoms with Crippen LogP contribution in [0.4, 0.5) is 10.1 Å². The molecular formula is C19H16FNO4. The molecule has 0 bridgehead atoms. The van der Waals surface area contributed by atoms with Crippen molar-refractivity contribution in [2.45, 2.75) is 13.0 Å². The third kappa shape index (κ3) is 2.87. The van der Waals surface area contributed by atoms with E-state index in [1.807, 2.05) is 0 Å². The summed E-state index contributed by atoms with van der Waals surface area (Å²) in [6.45, 7) is 1.68. The van der Waals surface area contributed by atoms with E-state index in [2.05, 4.69) is 0 Å². The van der Waals surface area contributed by atoms with Crippen LogP contribution in [-0.4, -0.2) is 23.6 Å². The van der Waals surface area contributed by atoms with Crippen molar-refractivity contribution in [2.75, 3.05) is 11.5 Å². The van der Waals surface area contributed by atoms with Crippen molar-refractivity contribution in [3.63, 3.8) is 0 Å². The van der Waals surface area contributed by atoms with E-state index in [0.29, 0.717) is 5.69 Å². The molecule has 5 nitrogen and oxygen atoms in total. The number of halogens is 1. The molecule has 0 saturated heterocycles. The van der Waals surface area contributed by atoms with Crippen molar-refractivity contribution in [3.8, 4) is 0 Å². The van der Waals surface area contributed by atoms with Crippen molar-refractivity contribution < 1.29 is 23.8 Å². The fourth-order valence-corrected chi connectivity index (χ4v) is 2.87. The number of nitrogens with zero attached hydrogens (tertiary/aromatic N) is 1. The summed E-state index contributed by atoms with van der Waals surface area (Å²) in [7, 11) is 0. The molecule has 1 N–H and O–H groups in total. The number of amides is 1. The lowest BCUT2D eigenvalue weighted by Gasteiger charge is -2.26. The Labute approximate surface area is 144 Å². The lowest BCUT2D eigenvalue weighted by molar-refractivity contribution is -0.139. The molecule has 1 atom stereocenters. The summed E-state index contributed by atoms with van der Waals surface area (Å²) in [5.41, 5.74) is 0.277. The van der Waals surface area contributed by atoms with E-state index >= 15 is 0 Å². The summed E-state index contributed by atoms with van der Waals surface area (Å²) in [6, 6.07) is 13.2. The van der Waals surface area contributed by atoms with E-state index in [0.717, 1.165) is 0 Å². The molecule has 2 aromatic carbocycles. The Kier molecular flexibility index (Phi) is 4.52. The number of anilines is 1. The van der Waals surface area contributed by atoms with Gasteiger partial charge in [-0.3, -0.25) is 9.69 Å². The van der Waals surface area contributed by atoms with E-state index in [-0.39, 0.29) is 17.7 Å². The van der Waals surface area contributed by atoms with Crippen molar-refractivity contribution in [1.82, 2.24) is 0 Å². The number of esters is 1. The van der Waals surface area contributed by atoms with E-state index in [1.54, 1.807) is 43.3 Å². The first-order chi connectivity index (χ1) is 12.1. The second-order valence-electron chi connectivity index (χ2n) is 5.42. The molecule has 0 spiro atoms. The normalized spacial score (nSPS) is 17.1. The van der Waals surface area contributed by atoms with E-state index in [9.17, 15) is 19.1 Å². The van der Waals surface area contributed by atoms with Gasteiger partial charge in [0, 0.05) is 11.3 Å². The maximum Gasteiger partial charge on any atom is 0.340 e. The molecule has 0 saturated carbocycles. The third-order valence-electron chi connectivity index (χ3n) is 3.94. The van der Waals surface area contributed by atoms with Crippen molar-refractivity contribution in [3.05, 3.63) is 77.3 Å². The summed E-state index contributed by atoms with van der Waals surface area (Å²) in [5.74, 6) is -2.93. The first-order valence-electron chi connectivity index (χ1n) is 7.79. The zero-order valence-corrected chi connectivity index (χ0v) is 13.5. The minimum absolute atomic E-state index is 0.0686. The summed E-state index contributed by atoms with van der Waals surface area (Å²) < 4.78 is 19.4. The lowest BCUT2D eigenvalue weighted by Crippen LogP contribution is -2.31. The molecule has 128 valence electrons. The van der Waals surface area contributed by atoms with Gasteiger partial charge >= 0.3 is 5.97 Å².